The minimum absolute atomic E-state index is 0.0601. The molecule has 2 aromatic heterocycles. The number of hydrogen-bond acceptors (Lipinski definition) is 2. The zero-order chi connectivity index (χ0) is 15.6. The fourth-order valence-corrected chi connectivity index (χ4v) is 2.65. The maximum Gasteiger partial charge on any atom is 0.129 e. The van der Waals surface area contributed by atoms with Crippen LogP contribution in [0.1, 0.15) is 50.4 Å². The summed E-state index contributed by atoms with van der Waals surface area (Å²) >= 11 is 12.1. The molecular weight excluding hydrogens is 303 g/mol. The Morgan fingerprint density at radius 2 is 1.81 bits per heavy atom. The summed E-state index contributed by atoms with van der Waals surface area (Å²) in [6.45, 7) is 8.68. The first-order valence-corrected chi connectivity index (χ1v) is 7.79. The maximum absolute atomic E-state index is 6.17. The summed E-state index contributed by atoms with van der Waals surface area (Å²) in [5.74, 6) is 0.310. The summed E-state index contributed by atoms with van der Waals surface area (Å²) in [7, 11) is 0. The predicted molar refractivity (Wildman–Crippen MR) is 89.3 cm³/mol. The molecule has 0 spiro atoms. The molecule has 0 aromatic carbocycles. The molecule has 21 heavy (non-hydrogen) atoms. The summed E-state index contributed by atoms with van der Waals surface area (Å²) < 4.78 is 0. The third-order valence-corrected chi connectivity index (χ3v) is 3.95. The second kappa shape index (κ2) is 6.33. The Bertz CT molecular complexity index is 633. The van der Waals surface area contributed by atoms with Crippen LogP contribution in [0.25, 0.3) is 0 Å². The lowest BCUT2D eigenvalue weighted by Crippen LogP contribution is -2.13. The second-order valence-corrected chi connectivity index (χ2v) is 7.21. The molecule has 0 saturated carbocycles. The minimum atomic E-state index is 0.0601. The van der Waals surface area contributed by atoms with Crippen LogP contribution in [0.3, 0.4) is 0 Å². The van der Waals surface area contributed by atoms with Crippen molar-refractivity contribution < 1.29 is 0 Å². The second-order valence-electron chi connectivity index (χ2n) is 6.44. The Balaban J connectivity index is 2.25. The Labute approximate surface area is 136 Å². The summed E-state index contributed by atoms with van der Waals surface area (Å²) in [4.78, 5) is 8.47. The molecule has 0 aliphatic heterocycles. The summed E-state index contributed by atoms with van der Waals surface area (Å²) in [6.07, 6.45) is 2.56. The van der Waals surface area contributed by atoms with Crippen LogP contribution in [0.2, 0.25) is 10.3 Å². The van der Waals surface area contributed by atoms with Gasteiger partial charge < -0.3 is 0 Å². The Kier molecular flexibility index (Phi) is 4.90. The molecule has 2 nitrogen and oxygen atoms in total. The SMILES string of the molecule is C[C@H](Cc1cc(C(C)(C)C)cc(Cl)n1)c1ccnc(Cl)c1. The van der Waals surface area contributed by atoms with Gasteiger partial charge in [-0.1, -0.05) is 50.9 Å². The number of nitrogens with zero attached hydrogens (tertiary/aromatic N) is 2. The fraction of sp³-hybridized carbons (Fsp3) is 0.412. The van der Waals surface area contributed by atoms with E-state index in [1.807, 2.05) is 18.2 Å². The fourth-order valence-electron chi connectivity index (χ4n) is 2.24. The lowest BCUT2D eigenvalue weighted by molar-refractivity contribution is 0.586. The molecular formula is C17H20Cl2N2. The normalized spacial score (nSPS) is 13.2. The molecule has 1 atom stereocenters. The van der Waals surface area contributed by atoms with Crippen molar-refractivity contribution in [3.8, 4) is 0 Å². The van der Waals surface area contributed by atoms with Crippen molar-refractivity contribution in [2.24, 2.45) is 0 Å². The lowest BCUT2D eigenvalue weighted by Gasteiger charge is -2.20. The van der Waals surface area contributed by atoms with E-state index in [9.17, 15) is 0 Å². The van der Waals surface area contributed by atoms with Gasteiger partial charge in [-0.3, -0.25) is 0 Å². The van der Waals surface area contributed by atoms with Gasteiger partial charge in [0.1, 0.15) is 10.3 Å². The topological polar surface area (TPSA) is 25.8 Å². The van der Waals surface area contributed by atoms with Crippen LogP contribution in [-0.2, 0) is 11.8 Å². The van der Waals surface area contributed by atoms with Gasteiger partial charge in [-0.25, -0.2) is 9.97 Å². The molecule has 0 fully saturated rings. The predicted octanol–water partition coefficient (Wildman–Crippen LogP) is 5.43. The highest BCUT2D eigenvalue weighted by molar-refractivity contribution is 6.29. The molecule has 112 valence electrons. The highest BCUT2D eigenvalue weighted by Crippen LogP contribution is 2.27. The van der Waals surface area contributed by atoms with Crippen molar-refractivity contribution in [1.82, 2.24) is 9.97 Å². The van der Waals surface area contributed by atoms with Crippen LogP contribution < -0.4 is 0 Å². The highest BCUT2D eigenvalue weighted by Gasteiger charge is 2.17. The molecule has 0 radical (unpaired) electrons. The average Bonchev–Trinajstić information content (AvgIpc) is 2.37. The van der Waals surface area contributed by atoms with Gasteiger partial charge in [0.2, 0.25) is 0 Å². The molecule has 2 rings (SSSR count). The van der Waals surface area contributed by atoms with Crippen molar-refractivity contribution in [3.05, 3.63) is 57.6 Å². The van der Waals surface area contributed by atoms with Crippen LogP contribution in [0.4, 0.5) is 0 Å². The first-order chi connectivity index (χ1) is 9.75. The molecule has 0 N–H and O–H groups in total. The van der Waals surface area contributed by atoms with Crippen molar-refractivity contribution in [2.75, 3.05) is 0 Å². The van der Waals surface area contributed by atoms with E-state index in [0.717, 1.165) is 17.7 Å². The van der Waals surface area contributed by atoms with Crippen molar-refractivity contribution >= 4 is 23.2 Å². The largest absolute Gasteiger partial charge is 0.245 e. The van der Waals surface area contributed by atoms with Gasteiger partial charge in [-0.05, 0) is 53.1 Å². The molecule has 0 saturated heterocycles. The Hall–Kier alpha value is -1.12. The monoisotopic (exact) mass is 322 g/mol. The molecule has 0 bridgehead atoms. The molecule has 0 amide bonds. The van der Waals surface area contributed by atoms with E-state index in [1.54, 1.807) is 6.20 Å². The molecule has 2 heterocycles. The highest BCUT2D eigenvalue weighted by atomic mass is 35.5. The van der Waals surface area contributed by atoms with E-state index in [0.29, 0.717) is 16.2 Å². The Morgan fingerprint density at radius 3 is 2.43 bits per heavy atom. The van der Waals surface area contributed by atoms with Crippen LogP contribution in [0, 0.1) is 0 Å². The van der Waals surface area contributed by atoms with Crippen LogP contribution in [0.15, 0.2) is 30.5 Å². The summed E-state index contributed by atoms with van der Waals surface area (Å²) in [5.41, 5.74) is 3.43. The van der Waals surface area contributed by atoms with Crippen molar-refractivity contribution in [3.63, 3.8) is 0 Å². The third-order valence-electron chi connectivity index (χ3n) is 3.55. The van der Waals surface area contributed by atoms with Gasteiger partial charge in [-0.15, -0.1) is 0 Å². The van der Waals surface area contributed by atoms with E-state index in [4.69, 9.17) is 23.2 Å². The number of aromatic nitrogens is 2. The third kappa shape index (κ3) is 4.42. The van der Waals surface area contributed by atoms with Gasteiger partial charge in [-0.2, -0.15) is 0 Å². The number of rotatable bonds is 3. The molecule has 4 heteroatoms. The smallest absolute Gasteiger partial charge is 0.129 e. The van der Waals surface area contributed by atoms with Crippen LogP contribution >= 0.6 is 23.2 Å². The quantitative estimate of drug-likeness (QED) is 0.704. The number of halogens is 2. The number of hydrogen-bond donors (Lipinski definition) is 0. The lowest BCUT2D eigenvalue weighted by atomic mass is 9.86. The van der Waals surface area contributed by atoms with E-state index >= 15 is 0 Å². The van der Waals surface area contributed by atoms with E-state index in [2.05, 4.69) is 43.7 Å². The summed E-state index contributed by atoms with van der Waals surface area (Å²) in [5, 5.41) is 1.08. The minimum Gasteiger partial charge on any atom is -0.245 e. The molecule has 0 aliphatic carbocycles. The van der Waals surface area contributed by atoms with Crippen LogP contribution in [-0.4, -0.2) is 9.97 Å². The molecule has 2 aromatic rings. The van der Waals surface area contributed by atoms with Gasteiger partial charge in [0.25, 0.3) is 0 Å². The molecule has 0 aliphatic rings. The van der Waals surface area contributed by atoms with Gasteiger partial charge in [0, 0.05) is 11.9 Å². The zero-order valence-electron chi connectivity index (χ0n) is 12.8. The molecule has 0 unspecified atom stereocenters. The van der Waals surface area contributed by atoms with E-state index in [-0.39, 0.29) is 5.41 Å². The van der Waals surface area contributed by atoms with Gasteiger partial charge in [0.15, 0.2) is 0 Å². The van der Waals surface area contributed by atoms with Gasteiger partial charge >= 0.3 is 0 Å². The number of pyridine rings is 2. The Morgan fingerprint density at radius 1 is 1.10 bits per heavy atom. The standard InChI is InChI=1S/C17H20Cl2N2/c1-11(12-5-6-20-15(18)8-12)7-14-9-13(17(2,3)4)10-16(19)21-14/h5-6,8-11H,7H2,1-4H3/t11-/m1/s1. The first kappa shape index (κ1) is 16.3. The van der Waals surface area contributed by atoms with Crippen molar-refractivity contribution in [1.29, 1.82) is 0 Å². The summed E-state index contributed by atoms with van der Waals surface area (Å²) in [6, 6.07) is 7.98. The van der Waals surface area contributed by atoms with E-state index < -0.39 is 0 Å². The van der Waals surface area contributed by atoms with Crippen LogP contribution in [0.5, 0.6) is 0 Å². The average molecular weight is 323 g/mol. The zero-order valence-corrected chi connectivity index (χ0v) is 14.3. The van der Waals surface area contributed by atoms with Gasteiger partial charge in [0.05, 0.1) is 0 Å². The van der Waals surface area contributed by atoms with Crippen molar-refractivity contribution in [2.45, 2.75) is 45.4 Å². The first-order valence-electron chi connectivity index (χ1n) is 7.04. The maximum atomic E-state index is 6.17. The van der Waals surface area contributed by atoms with E-state index in [1.165, 1.54) is 5.56 Å².